The van der Waals surface area contributed by atoms with Crippen LogP contribution in [0, 0.1) is 5.92 Å². The Bertz CT molecular complexity index is 250. The molecule has 0 bridgehead atoms. The lowest BCUT2D eigenvalue weighted by Gasteiger charge is -2.26. The van der Waals surface area contributed by atoms with Crippen LogP contribution in [-0.2, 0) is 19.0 Å². The molecular formula is C10H18O5. The van der Waals surface area contributed by atoms with Crippen LogP contribution in [0.5, 0.6) is 0 Å². The molecule has 5 nitrogen and oxygen atoms in total. The number of carbonyl (C=O) groups is 1. The summed E-state index contributed by atoms with van der Waals surface area (Å²) in [5, 5.41) is 9.99. The number of ether oxygens (including phenoxy) is 3. The Labute approximate surface area is 89.3 Å². The van der Waals surface area contributed by atoms with Crippen molar-refractivity contribution in [3.8, 4) is 0 Å². The highest BCUT2D eigenvalue weighted by Gasteiger charge is 2.53. The fourth-order valence-corrected chi connectivity index (χ4v) is 1.99. The Morgan fingerprint density at radius 2 is 2.13 bits per heavy atom. The number of methoxy groups -OCH3 is 2. The monoisotopic (exact) mass is 218 g/mol. The SMILES string of the molecule is COCC1(O)C[C@@H](C(=O)OC)C(C)(C)O1. The minimum absolute atomic E-state index is 0.0456. The Hall–Kier alpha value is -0.650. The molecule has 1 unspecified atom stereocenters. The van der Waals surface area contributed by atoms with E-state index in [2.05, 4.69) is 4.74 Å². The second kappa shape index (κ2) is 4.08. The van der Waals surface area contributed by atoms with Gasteiger partial charge in [-0.2, -0.15) is 0 Å². The van der Waals surface area contributed by atoms with Crippen LogP contribution >= 0.6 is 0 Å². The molecule has 0 saturated carbocycles. The van der Waals surface area contributed by atoms with Crippen molar-refractivity contribution >= 4 is 5.97 Å². The van der Waals surface area contributed by atoms with Crippen molar-refractivity contribution in [3.05, 3.63) is 0 Å². The average Bonchev–Trinajstić information content (AvgIpc) is 2.35. The van der Waals surface area contributed by atoms with Gasteiger partial charge in [-0.05, 0) is 13.8 Å². The summed E-state index contributed by atoms with van der Waals surface area (Å²) in [6.07, 6.45) is 0.195. The first-order valence-electron chi connectivity index (χ1n) is 4.84. The minimum atomic E-state index is -1.39. The lowest BCUT2D eigenvalue weighted by molar-refractivity contribution is -0.237. The van der Waals surface area contributed by atoms with E-state index in [0.29, 0.717) is 0 Å². The van der Waals surface area contributed by atoms with Gasteiger partial charge in [0.05, 0.1) is 18.6 Å². The maximum atomic E-state index is 11.5. The fourth-order valence-electron chi connectivity index (χ4n) is 1.99. The lowest BCUT2D eigenvalue weighted by Crippen LogP contribution is -2.37. The number of hydrogen-bond donors (Lipinski definition) is 1. The van der Waals surface area contributed by atoms with E-state index in [9.17, 15) is 9.90 Å². The summed E-state index contributed by atoms with van der Waals surface area (Å²) in [5.41, 5.74) is -0.736. The van der Waals surface area contributed by atoms with Crippen molar-refractivity contribution in [2.24, 2.45) is 5.92 Å². The first-order valence-corrected chi connectivity index (χ1v) is 4.84. The zero-order chi connectivity index (χ0) is 11.7. The molecule has 2 atom stereocenters. The summed E-state index contributed by atoms with van der Waals surface area (Å²) in [6, 6.07) is 0. The molecule has 88 valence electrons. The van der Waals surface area contributed by atoms with Gasteiger partial charge in [-0.1, -0.05) is 0 Å². The maximum absolute atomic E-state index is 11.5. The first kappa shape index (κ1) is 12.4. The topological polar surface area (TPSA) is 65.0 Å². The number of hydrogen-bond acceptors (Lipinski definition) is 5. The van der Waals surface area contributed by atoms with Crippen molar-refractivity contribution in [1.29, 1.82) is 0 Å². The Balaban J connectivity index is 2.80. The summed E-state index contributed by atoms with van der Waals surface area (Å²) in [5.74, 6) is -2.23. The number of carbonyl (C=O) groups excluding carboxylic acids is 1. The van der Waals surface area contributed by atoms with E-state index in [1.165, 1.54) is 14.2 Å². The van der Waals surface area contributed by atoms with Gasteiger partial charge in [0.15, 0.2) is 5.79 Å². The molecule has 0 amide bonds. The molecule has 0 spiro atoms. The molecule has 0 aromatic heterocycles. The summed E-state index contributed by atoms with van der Waals surface area (Å²) < 4.78 is 15.0. The predicted octanol–water partition coefficient (Wildman–Crippen LogP) is 0.309. The van der Waals surface area contributed by atoms with Gasteiger partial charge in [-0.15, -0.1) is 0 Å². The van der Waals surface area contributed by atoms with Crippen LogP contribution in [-0.4, -0.2) is 43.3 Å². The van der Waals surface area contributed by atoms with Gasteiger partial charge in [0.1, 0.15) is 6.61 Å². The number of esters is 1. The maximum Gasteiger partial charge on any atom is 0.311 e. The van der Waals surface area contributed by atoms with Gasteiger partial charge < -0.3 is 19.3 Å². The molecule has 1 aliphatic rings. The minimum Gasteiger partial charge on any atom is -0.469 e. The fraction of sp³-hybridized carbons (Fsp3) is 0.900. The standard InChI is InChI=1S/C10H18O5/c1-9(2)7(8(11)14-4)5-10(12,15-9)6-13-3/h7,12H,5-6H2,1-4H3/t7-,10?/m0/s1. The highest BCUT2D eigenvalue weighted by molar-refractivity contribution is 5.74. The molecule has 15 heavy (non-hydrogen) atoms. The summed E-state index contributed by atoms with van der Waals surface area (Å²) >= 11 is 0. The second-order valence-corrected chi connectivity index (χ2v) is 4.36. The largest absolute Gasteiger partial charge is 0.469 e. The molecule has 1 aliphatic heterocycles. The van der Waals surface area contributed by atoms with E-state index in [-0.39, 0.29) is 19.0 Å². The quantitative estimate of drug-likeness (QED) is 0.691. The van der Waals surface area contributed by atoms with E-state index >= 15 is 0 Å². The molecule has 0 aromatic carbocycles. The Kier molecular flexibility index (Phi) is 3.38. The summed E-state index contributed by atoms with van der Waals surface area (Å²) in [4.78, 5) is 11.5. The third-order valence-corrected chi connectivity index (χ3v) is 2.67. The molecule has 1 N–H and O–H groups in total. The third kappa shape index (κ3) is 2.48. The Morgan fingerprint density at radius 1 is 1.53 bits per heavy atom. The van der Waals surface area contributed by atoms with Crippen LogP contribution in [0.2, 0.25) is 0 Å². The first-order chi connectivity index (χ1) is 6.84. The molecule has 1 heterocycles. The van der Waals surface area contributed by atoms with Gasteiger partial charge in [0, 0.05) is 13.5 Å². The number of rotatable bonds is 3. The molecule has 5 heteroatoms. The highest BCUT2D eigenvalue weighted by atomic mass is 16.7. The summed E-state index contributed by atoms with van der Waals surface area (Å²) in [7, 11) is 2.80. The van der Waals surface area contributed by atoms with E-state index in [4.69, 9.17) is 9.47 Å². The van der Waals surface area contributed by atoms with Crippen LogP contribution in [0.4, 0.5) is 0 Å². The van der Waals surface area contributed by atoms with E-state index < -0.39 is 17.3 Å². The van der Waals surface area contributed by atoms with Gasteiger partial charge in [-0.3, -0.25) is 4.79 Å². The van der Waals surface area contributed by atoms with Crippen LogP contribution in [0.15, 0.2) is 0 Å². The lowest BCUT2D eigenvalue weighted by atomic mass is 9.89. The van der Waals surface area contributed by atoms with Crippen LogP contribution in [0.25, 0.3) is 0 Å². The molecule has 0 radical (unpaired) electrons. The zero-order valence-electron chi connectivity index (χ0n) is 9.57. The van der Waals surface area contributed by atoms with Crippen LogP contribution in [0.3, 0.4) is 0 Å². The Morgan fingerprint density at radius 3 is 2.60 bits per heavy atom. The zero-order valence-corrected chi connectivity index (χ0v) is 9.57. The van der Waals surface area contributed by atoms with Crippen molar-refractivity contribution in [1.82, 2.24) is 0 Å². The van der Waals surface area contributed by atoms with Crippen LogP contribution in [0.1, 0.15) is 20.3 Å². The average molecular weight is 218 g/mol. The highest BCUT2D eigenvalue weighted by Crippen LogP contribution is 2.41. The van der Waals surface area contributed by atoms with Gasteiger partial charge in [0.2, 0.25) is 0 Å². The van der Waals surface area contributed by atoms with Gasteiger partial charge >= 0.3 is 5.97 Å². The normalized spacial score (nSPS) is 34.1. The molecule has 1 fully saturated rings. The van der Waals surface area contributed by atoms with Crippen molar-refractivity contribution in [3.63, 3.8) is 0 Å². The second-order valence-electron chi connectivity index (χ2n) is 4.36. The van der Waals surface area contributed by atoms with Crippen LogP contribution < -0.4 is 0 Å². The molecule has 1 rings (SSSR count). The number of aliphatic hydroxyl groups is 1. The van der Waals surface area contributed by atoms with Gasteiger partial charge in [-0.25, -0.2) is 0 Å². The molecule has 0 aromatic rings. The molecular weight excluding hydrogens is 200 g/mol. The molecule has 0 aliphatic carbocycles. The molecule has 1 saturated heterocycles. The van der Waals surface area contributed by atoms with Crippen molar-refractivity contribution in [2.75, 3.05) is 20.8 Å². The predicted molar refractivity (Wildman–Crippen MR) is 52.1 cm³/mol. The van der Waals surface area contributed by atoms with Gasteiger partial charge in [0.25, 0.3) is 0 Å². The van der Waals surface area contributed by atoms with E-state index in [0.717, 1.165) is 0 Å². The van der Waals surface area contributed by atoms with Crippen molar-refractivity contribution < 1.29 is 24.1 Å². The summed E-state index contributed by atoms with van der Waals surface area (Å²) in [6.45, 7) is 3.55. The van der Waals surface area contributed by atoms with E-state index in [1.807, 2.05) is 0 Å². The van der Waals surface area contributed by atoms with E-state index in [1.54, 1.807) is 13.8 Å². The third-order valence-electron chi connectivity index (χ3n) is 2.67. The smallest absolute Gasteiger partial charge is 0.311 e. The van der Waals surface area contributed by atoms with Crippen molar-refractivity contribution in [2.45, 2.75) is 31.7 Å².